The number of methoxy groups -OCH3 is 1. The second-order valence-electron chi connectivity index (χ2n) is 12.2. The number of amides is 2. The number of hydrogen-bond donors (Lipinski definition) is 4. The van der Waals surface area contributed by atoms with E-state index >= 15 is 0 Å². The Morgan fingerprint density at radius 3 is 1.98 bits per heavy atom. The van der Waals surface area contributed by atoms with Crippen LogP contribution in [0.2, 0.25) is 0 Å². The highest BCUT2D eigenvalue weighted by molar-refractivity contribution is 5.90. The normalized spacial score (nSPS) is 24.8. The van der Waals surface area contributed by atoms with Crippen LogP contribution in [-0.4, -0.2) is 101 Å². The molecule has 0 radical (unpaired) electrons. The first kappa shape index (κ1) is 42.4. The third-order valence-corrected chi connectivity index (χ3v) is 8.63. The molecule has 0 aliphatic carbocycles. The molecule has 2 aliphatic heterocycles. The summed E-state index contributed by atoms with van der Waals surface area (Å²) in [7, 11) is 0.806. The van der Waals surface area contributed by atoms with Crippen molar-refractivity contribution in [3.05, 3.63) is 64.2 Å². The second kappa shape index (κ2) is 16.2. The molecule has 7 atom stereocenters. The highest BCUT2D eigenvalue weighted by Crippen LogP contribution is 2.46. The molecule has 2 heterocycles. The van der Waals surface area contributed by atoms with Crippen molar-refractivity contribution in [1.29, 1.82) is 0 Å². The van der Waals surface area contributed by atoms with Crippen LogP contribution < -0.4 is 4.90 Å². The summed E-state index contributed by atoms with van der Waals surface area (Å²) in [5, 5.41) is 39.7. The number of aliphatic hydroxyl groups excluding tert-OH is 3. The van der Waals surface area contributed by atoms with E-state index in [0.29, 0.717) is 29.2 Å². The third-order valence-electron chi connectivity index (χ3n) is 8.63. The van der Waals surface area contributed by atoms with Gasteiger partial charge >= 0.3 is 36.7 Å². The number of carbonyl (C=O) groups is 3. The summed E-state index contributed by atoms with van der Waals surface area (Å²) < 4.78 is 145. The van der Waals surface area contributed by atoms with Crippen LogP contribution >= 0.6 is 0 Å². The van der Waals surface area contributed by atoms with Crippen LogP contribution in [0.5, 0.6) is 0 Å². The Balaban J connectivity index is 1.81. The average molecular weight is 793 g/mol. The van der Waals surface area contributed by atoms with Crippen molar-refractivity contribution >= 4 is 23.8 Å². The topological polar surface area (TPSA) is 176 Å². The molecule has 300 valence electrons. The van der Waals surface area contributed by atoms with Crippen molar-refractivity contribution in [2.24, 2.45) is 0 Å². The Kier molecular flexibility index (Phi) is 12.7. The lowest BCUT2D eigenvalue weighted by Gasteiger charge is -2.44. The lowest BCUT2D eigenvalue weighted by atomic mass is 9.87. The fourth-order valence-electron chi connectivity index (χ4n) is 6.12. The minimum Gasteiger partial charge on any atom is -0.479 e. The number of benzene rings is 2. The molecule has 0 spiro atoms. The standard InChI is InChI=1S/C32H33F9N2O11/c1-3-52-29(50)43-18(6-7-53-27-24(46)22(44)23(45)25(54-27)26(47)48)12-21(19-11-15(30(33,34)35)4-5-20(19)43)42(28(49)51-2)13-14-8-16(31(36,37)38)10-17(9-14)32(39,40)41/h4-5,8-11,18,21-25,27,44-46H,3,6-7,12-13H2,1-2H3,(H,47,48)/t18-,21+,22?,23?,24?,25?,27?/m1/s1. The molecular weight excluding hydrogens is 759 g/mol. The molecule has 2 aromatic rings. The number of aliphatic hydroxyl groups is 3. The van der Waals surface area contributed by atoms with Gasteiger partial charge in [-0.2, -0.15) is 39.5 Å². The summed E-state index contributed by atoms with van der Waals surface area (Å²) in [6.07, 6.45) is -29.1. The molecule has 1 fully saturated rings. The van der Waals surface area contributed by atoms with Crippen LogP contribution in [0, 0.1) is 0 Å². The maximum atomic E-state index is 14.0. The number of anilines is 1. The van der Waals surface area contributed by atoms with Gasteiger partial charge < -0.3 is 39.4 Å². The van der Waals surface area contributed by atoms with E-state index in [1.807, 2.05) is 0 Å². The largest absolute Gasteiger partial charge is 0.479 e. The van der Waals surface area contributed by atoms with E-state index in [0.717, 1.165) is 18.1 Å². The van der Waals surface area contributed by atoms with Gasteiger partial charge in [0.15, 0.2) is 12.4 Å². The van der Waals surface area contributed by atoms with Crippen molar-refractivity contribution in [2.75, 3.05) is 25.2 Å². The first-order valence-electron chi connectivity index (χ1n) is 15.8. The SMILES string of the molecule is CCOC(=O)N1c2ccc(C(F)(F)F)cc2[C@@H](N(Cc2cc(C(F)(F)F)cc(C(F)(F)F)c2)C(=O)OC)C[C@H]1CCOC1OC(C(=O)O)C(O)C(O)C1O. The maximum absolute atomic E-state index is 14.0. The molecule has 2 amide bonds. The highest BCUT2D eigenvalue weighted by Gasteiger charge is 2.48. The van der Waals surface area contributed by atoms with E-state index in [-0.39, 0.29) is 24.8 Å². The summed E-state index contributed by atoms with van der Waals surface area (Å²) in [6, 6.07) is -0.436. The number of rotatable bonds is 9. The third kappa shape index (κ3) is 9.28. The molecule has 2 aliphatic rings. The maximum Gasteiger partial charge on any atom is 0.416 e. The van der Waals surface area contributed by atoms with Gasteiger partial charge in [-0.3, -0.25) is 9.80 Å². The van der Waals surface area contributed by atoms with Gasteiger partial charge in [-0.1, -0.05) is 0 Å². The Labute approximate surface area is 299 Å². The molecule has 22 heteroatoms. The smallest absolute Gasteiger partial charge is 0.416 e. The van der Waals surface area contributed by atoms with E-state index in [9.17, 15) is 74.3 Å². The van der Waals surface area contributed by atoms with Gasteiger partial charge in [0.1, 0.15) is 18.3 Å². The first-order chi connectivity index (χ1) is 25.0. The summed E-state index contributed by atoms with van der Waals surface area (Å²) in [5.74, 6) is -1.73. The molecule has 5 unspecified atom stereocenters. The van der Waals surface area contributed by atoms with Crippen molar-refractivity contribution in [2.45, 2.75) is 87.6 Å². The monoisotopic (exact) mass is 792 g/mol. The number of carboxylic acid groups (broad SMARTS) is 1. The summed E-state index contributed by atoms with van der Waals surface area (Å²) in [4.78, 5) is 39.6. The highest BCUT2D eigenvalue weighted by atomic mass is 19.4. The number of nitrogens with zero attached hydrogens (tertiary/aromatic N) is 2. The number of carbonyl (C=O) groups excluding carboxylic acids is 2. The number of halogens is 9. The Bertz CT molecular complexity index is 1660. The number of alkyl halides is 9. The number of hydrogen-bond acceptors (Lipinski definition) is 10. The average Bonchev–Trinajstić information content (AvgIpc) is 3.08. The molecule has 0 aromatic heterocycles. The number of ether oxygens (including phenoxy) is 4. The molecule has 2 aromatic carbocycles. The molecule has 13 nitrogen and oxygen atoms in total. The number of fused-ring (bicyclic) bond motifs is 1. The van der Waals surface area contributed by atoms with Crippen LogP contribution in [-0.2, 0) is 48.8 Å². The molecule has 1 saturated heterocycles. The van der Waals surface area contributed by atoms with E-state index in [1.54, 1.807) is 0 Å². The minimum absolute atomic E-state index is 0.157. The van der Waals surface area contributed by atoms with Gasteiger partial charge in [0, 0.05) is 12.6 Å². The zero-order chi connectivity index (χ0) is 40.5. The summed E-state index contributed by atoms with van der Waals surface area (Å²) in [6.45, 7) is -0.495. The second-order valence-corrected chi connectivity index (χ2v) is 12.2. The van der Waals surface area contributed by atoms with Crippen LogP contribution in [0.15, 0.2) is 36.4 Å². The number of carboxylic acids is 1. The quantitative estimate of drug-likeness (QED) is 0.249. The van der Waals surface area contributed by atoms with Crippen LogP contribution in [0.1, 0.15) is 53.6 Å². The predicted octanol–water partition coefficient (Wildman–Crippen LogP) is 5.09. The molecule has 4 rings (SSSR count). The Hall–Kier alpha value is -4.38. The molecular formula is C32H33F9N2O11. The van der Waals surface area contributed by atoms with E-state index in [1.165, 1.54) is 6.92 Å². The van der Waals surface area contributed by atoms with Gasteiger partial charge in [0.2, 0.25) is 0 Å². The van der Waals surface area contributed by atoms with Gasteiger partial charge in [-0.15, -0.1) is 0 Å². The van der Waals surface area contributed by atoms with Crippen LogP contribution in [0.4, 0.5) is 54.8 Å². The lowest BCUT2D eigenvalue weighted by molar-refractivity contribution is -0.294. The fourth-order valence-corrected chi connectivity index (χ4v) is 6.12. The molecule has 0 saturated carbocycles. The Morgan fingerprint density at radius 2 is 1.46 bits per heavy atom. The van der Waals surface area contributed by atoms with E-state index in [2.05, 4.69) is 0 Å². The molecule has 54 heavy (non-hydrogen) atoms. The van der Waals surface area contributed by atoms with Gasteiger partial charge in [0.25, 0.3) is 0 Å². The van der Waals surface area contributed by atoms with Crippen molar-refractivity contribution in [1.82, 2.24) is 4.90 Å². The lowest BCUT2D eigenvalue weighted by Crippen LogP contribution is -2.60. The van der Waals surface area contributed by atoms with Gasteiger partial charge in [-0.25, -0.2) is 14.4 Å². The van der Waals surface area contributed by atoms with Crippen LogP contribution in [0.25, 0.3) is 0 Å². The van der Waals surface area contributed by atoms with E-state index < -0.39 is 127 Å². The van der Waals surface area contributed by atoms with E-state index in [4.69, 9.17) is 18.9 Å². The summed E-state index contributed by atoms with van der Waals surface area (Å²) >= 11 is 0. The zero-order valence-electron chi connectivity index (χ0n) is 28.0. The molecule has 4 N–H and O–H groups in total. The number of aliphatic carboxylic acids is 1. The Morgan fingerprint density at radius 1 is 0.870 bits per heavy atom. The molecule has 0 bridgehead atoms. The first-order valence-corrected chi connectivity index (χ1v) is 15.8. The summed E-state index contributed by atoms with van der Waals surface area (Å²) in [5.41, 5.74) is -6.23. The zero-order valence-corrected chi connectivity index (χ0v) is 28.0. The van der Waals surface area contributed by atoms with Gasteiger partial charge in [-0.05, 0) is 67.3 Å². The fraction of sp³-hybridized carbons (Fsp3) is 0.531. The van der Waals surface area contributed by atoms with Crippen molar-refractivity contribution < 1.29 is 93.3 Å². The predicted molar refractivity (Wildman–Crippen MR) is 161 cm³/mol. The van der Waals surface area contributed by atoms with Gasteiger partial charge in [0.05, 0.1) is 48.7 Å². The van der Waals surface area contributed by atoms with Crippen molar-refractivity contribution in [3.8, 4) is 0 Å². The minimum atomic E-state index is -5.29. The van der Waals surface area contributed by atoms with Crippen LogP contribution in [0.3, 0.4) is 0 Å². The van der Waals surface area contributed by atoms with Crippen molar-refractivity contribution in [3.63, 3.8) is 0 Å².